The van der Waals surface area contributed by atoms with Crippen molar-refractivity contribution < 1.29 is 19.7 Å². The van der Waals surface area contributed by atoms with Gasteiger partial charge in [0.25, 0.3) is 0 Å². The molecule has 0 bridgehead atoms. The molecule has 21 heavy (non-hydrogen) atoms. The summed E-state index contributed by atoms with van der Waals surface area (Å²) >= 11 is 0. The van der Waals surface area contributed by atoms with E-state index in [-0.39, 0.29) is 11.3 Å². The molecule has 0 aliphatic carbocycles. The second-order valence-corrected chi connectivity index (χ2v) is 4.42. The zero-order valence-corrected chi connectivity index (χ0v) is 11.6. The minimum Gasteiger partial charge on any atom is -0.508 e. The Balaban J connectivity index is 2.42. The Morgan fingerprint density at radius 2 is 1.95 bits per heavy atom. The van der Waals surface area contributed by atoms with Crippen molar-refractivity contribution in [2.45, 2.75) is 6.92 Å². The zero-order chi connectivity index (χ0) is 15.2. The molecule has 4 nitrogen and oxygen atoms in total. The van der Waals surface area contributed by atoms with E-state index in [0.717, 1.165) is 5.56 Å². The second kappa shape index (κ2) is 6.61. The van der Waals surface area contributed by atoms with Gasteiger partial charge >= 0.3 is 5.97 Å². The molecule has 0 aliphatic rings. The first kappa shape index (κ1) is 14.7. The van der Waals surface area contributed by atoms with E-state index >= 15 is 0 Å². The zero-order valence-electron chi connectivity index (χ0n) is 11.6. The van der Waals surface area contributed by atoms with E-state index in [9.17, 15) is 15.0 Å². The highest BCUT2D eigenvalue weighted by atomic mass is 16.5. The molecule has 4 heteroatoms. The molecule has 2 N–H and O–H groups in total. The first-order chi connectivity index (χ1) is 10.1. The summed E-state index contributed by atoms with van der Waals surface area (Å²) in [6.45, 7) is 2.43. The van der Waals surface area contributed by atoms with Crippen molar-refractivity contribution >= 4 is 17.6 Å². The van der Waals surface area contributed by atoms with Crippen LogP contribution >= 0.6 is 0 Å². The lowest BCUT2D eigenvalue weighted by atomic mass is 10.0. The van der Waals surface area contributed by atoms with Crippen LogP contribution in [-0.4, -0.2) is 22.8 Å². The molecule has 2 aromatic carbocycles. The summed E-state index contributed by atoms with van der Waals surface area (Å²) in [5.41, 5.74) is 1.28. The Morgan fingerprint density at radius 1 is 1.19 bits per heavy atom. The minimum atomic E-state index is -1.05. The van der Waals surface area contributed by atoms with Gasteiger partial charge in [-0.25, -0.2) is 4.79 Å². The lowest BCUT2D eigenvalue weighted by Gasteiger charge is -2.06. The first-order valence-corrected chi connectivity index (χ1v) is 6.57. The van der Waals surface area contributed by atoms with Gasteiger partial charge < -0.3 is 14.9 Å². The highest BCUT2D eigenvalue weighted by molar-refractivity contribution is 6.20. The van der Waals surface area contributed by atoms with Crippen LogP contribution in [0.15, 0.2) is 48.5 Å². The van der Waals surface area contributed by atoms with E-state index < -0.39 is 5.97 Å². The van der Waals surface area contributed by atoms with Gasteiger partial charge in [-0.2, -0.15) is 0 Å². The third-order valence-corrected chi connectivity index (χ3v) is 2.87. The molecule has 0 heterocycles. The Hall–Kier alpha value is -2.75. The monoisotopic (exact) mass is 284 g/mol. The van der Waals surface area contributed by atoms with Crippen molar-refractivity contribution in [3.63, 3.8) is 0 Å². The summed E-state index contributed by atoms with van der Waals surface area (Å²) < 4.78 is 5.40. The number of hydrogen-bond acceptors (Lipinski definition) is 3. The van der Waals surface area contributed by atoms with Crippen LogP contribution in [-0.2, 0) is 4.79 Å². The number of benzene rings is 2. The largest absolute Gasteiger partial charge is 0.508 e. The average molecular weight is 284 g/mol. The molecule has 0 unspecified atom stereocenters. The third-order valence-electron chi connectivity index (χ3n) is 2.87. The number of rotatable bonds is 5. The molecular formula is C17H16O4. The SMILES string of the molecule is CCOc1cccc(/C=C(\C(=O)O)c2cccc(O)c2)c1. The van der Waals surface area contributed by atoms with Gasteiger partial charge in [-0.15, -0.1) is 0 Å². The fraction of sp³-hybridized carbons (Fsp3) is 0.118. The normalized spacial score (nSPS) is 11.2. The fourth-order valence-electron chi connectivity index (χ4n) is 1.97. The number of carboxylic acid groups (broad SMARTS) is 1. The lowest BCUT2D eigenvalue weighted by molar-refractivity contribution is -0.130. The van der Waals surface area contributed by atoms with E-state index in [1.807, 2.05) is 13.0 Å². The fourth-order valence-corrected chi connectivity index (χ4v) is 1.97. The van der Waals surface area contributed by atoms with Crippen molar-refractivity contribution in [2.75, 3.05) is 6.61 Å². The number of aliphatic carboxylic acids is 1. The van der Waals surface area contributed by atoms with Crippen molar-refractivity contribution in [3.8, 4) is 11.5 Å². The van der Waals surface area contributed by atoms with Crippen molar-refractivity contribution in [3.05, 3.63) is 59.7 Å². The number of phenolic OH excluding ortho intramolecular Hbond substituents is 1. The van der Waals surface area contributed by atoms with Crippen LogP contribution in [0.5, 0.6) is 11.5 Å². The van der Waals surface area contributed by atoms with Crippen LogP contribution in [0.3, 0.4) is 0 Å². The van der Waals surface area contributed by atoms with Crippen molar-refractivity contribution in [1.29, 1.82) is 0 Å². The molecule has 0 spiro atoms. The van der Waals surface area contributed by atoms with E-state index in [4.69, 9.17) is 4.74 Å². The molecule has 0 atom stereocenters. The van der Waals surface area contributed by atoms with Gasteiger partial charge in [0.05, 0.1) is 12.2 Å². The predicted molar refractivity (Wildman–Crippen MR) is 81.2 cm³/mol. The molecule has 0 fully saturated rings. The summed E-state index contributed by atoms with van der Waals surface area (Å²) in [4.78, 5) is 11.4. The molecular weight excluding hydrogens is 268 g/mol. The van der Waals surface area contributed by atoms with Crippen LogP contribution in [0.2, 0.25) is 0 Å². The Labute approximate surface area is 122 Å². The lowest BCUT2D eigenvalue weighted by Crippen LogP contribution is -1.99. The quantitative estimate of drug-likeness (QED) is 0.652. The molecule has 0 aromatic heterocycles. The van der Waals surface area contributed by atoms with Crippen LogP contribution in [0, 0.1) is 0 Å². The second-order valence-electron chi connectivity index (χ2n) is 4.42. The number of carbonyl (C=O) groups is 1. The van der Waals surface area contributed by atoms with Crippen LogP contribution < -0.4 is 4.74 Å². The Bertz CT molecular complexity index is 674. The number of carboxylic acids is 1. The maximum atomic E-state index is 11.4. The molecule has 0 amide bonds. The number of ether oxygens (including phenoxy) is 1. The summed E-state index contributed by atoms with van der Waals surface area (Å²) in [6, 6.07) is 13.4. The van der Waals surface area contributed by atoms with Crippen LogP contribution in [0.1, 0.15) is 18.1 Å². The summed E-state index contributed by atoms with van der Waals surface area (Å²) in [7, 11) is 0. The third kappa shape index (κ3) is 3.86. The van der Waals surface area contributed by atoms with E-state index in [1.54, 1.807) is 36.4 Å². The number of hydrogen-bond donors (Lipinski definition) is 2. The molecule has 0 saturated carbocycles. The average Bonchev–Trinajstić information content (AvgIpc) is 2.45. The minimum absolute atomic E-state index is 0.0303. The van der Waals surface area contributed by atoms with Crippen molar-refractivity contribution in [2.24, 2.45) is 0 Å². The van der Waals surface area contributed by atoms with Gasteiger partial charge in [0, 0.05) is 0 Å². The van der Waals surface area contributed by atoms with Gasteiger partial charge in [0.2, 0.25) is 0 Å². The molecule has 108 valence electrons. The topological polar surface area (TPSA) is 66.8 Å². The van der Waals surface area contributed by atoms with Gasteiger partial charge in [0.1, 0.15) is 11.5 Å². The molecule has 0 saturated heterocycles. The highest BCUT2D eigenvalue weighted by Gasteiger charge is 2.11. The maximum Gasteiger partial charge on any atom is 0.336 e. The van der Waals surface area contributed by atoms with E-state index in [1.165, 1.54) is 12.1 Å². The van der Waals surface area contributed by atoms with E-state index in [2.05, 4.69) is 0 Å². The summed E-state index contributed by atoms with van der Waals surface area (Å²) in [5.74, 6) is -0.336. The standard InChI is InChI=1S/C17H16O4/c1-2-21-15-8-3-5-12(9-15)10-16(17(19)20)13-6-4-7-14(18)11-13/h3-11,18H,2H2,1H3,(H,19,20)/b16-10-. The molecule has 0 aliphatic heterocycles. The van der Waals surface area contributed by atoms with E-state index in [0.29, 0.717) is 17.9 Å². The van der Waals surface area contributed by atoms with Gasteiger partial charge in [-0.3, -0.25) is 0 Å². The Morgan fingerprint density at radius 3 is 2.62 bits per heavy atom. The smallest absolute Gasteiger partial charge is 0.336 e. The van der Waals surface area contributed by atoms with Crippen LogP contribution in [0.25, 0.3) is 11.6 Å². The molecule has 0 radical (unpaired) electrons. The summed E-state index contributed by atoms with van der Waals surface area (Å²) in [6.07, 6.45) is 1.56. The van der Waals surface area contributed by atoms with Crippen molar-refractivity contribution in [1.82, 2.24) is 0 Å². The summed E-state index contributed by atoms with van der Waals surface area (Å²) in [5, 5.41) is 18.9. The Kier molecular flexibility index (Phi) is 4.61. The number of aromatic hydroxyl groups is 1. The van der Waals surface area contributed by atoms with Crippen LogP contribution in [0.4, 0.5) is 0 Å². The first-order valence-electron chi connectivity index (χ1n) is 6.57. The van der Waals surface area contributed by atoms with Gasteiger partial charge in [-0.05, 0) is 48.4 Å². The number of phenols is 1. The maximum absolute atomic E-state index is 11.4. The van der Waals surface area contributed by atoms with Gasteiger partial charge in [-0.1, -0.05) is 24.3 Å². The molecule has 2 aromatic rings. The van der Waals surface area contributed by atoms with Gasteiger partial charge in [0.15, 0.2) is 0 Å². The highest BCUT2D eigenvalue weighted by Crippen LogP contribution is 2.23. The molecule has 2 rings (SSSR count). The predicted octanol–water partition coefficient (Wildman–Crippen LogP) is 3.42.